The van der Waals surface area contributed by atoms with E-state index in [0.717, 1.165) is 10.0 Å². The lowest BCUT2D eigenvalue weighted by Gasteiger charge is -2.10. The lowest BCUT2D eigenvalue weighted by Crippen LogP contribution is -2.17. The highest BCUT2D eigenvalue weighted by atomic mass is 79.9. The van der Waals surface area contributed by atoms with Crippen LogP contribution in [0.3, 0.4) is 0 Å². The van der Waals surface area contributed by atoms with E-state index in [1.165, 1.54) is 0 Å². The summed E-state index contributed by atoms with van der Waals surface area (Å²) in [5, 5.41) is 0. The molecule has 0 aliphatic carbocycles. The zero-order valence-corrected chi connectivity index (χ0v) is 10.2. The van der Waals surface area contributed by atoms with Crippen LogP contribution < -0.4 is 5.73 Å². The Kier molecular flexibility index (Phi) is 4.78. The van der Waals surface area contributed by atoms with Crippen LogP contribution in [0, 0.1) is 0 Å². The molecule has 0 aliphatic rings. The maximum atomic E-state index is 11.2. The minimum absolute atomic E-state index is 0.218. The van der Waals surface area contributed by atoms with Crippen molar-refractivity contribution >= 4 is 21.9 Å². The van der Waals surface area contributed by atoms with Crippen LogP contribution in [0.4, 0.5) is 0 Å². The van der Waals surface area contributed by atoms with Gasteiger partial charge >= 0.3 is 5.97 Å². The molecule has 0 unspecified atom stereocenters. The van der Waals surface area contributed by atoms with Crippen molar-refractivity contribution in [1.82, 2.24) is 0 Å². The number of hydrogen-bond donors (Lipinski definition) is 1. The molecule has 0 saturated heterocycles. The Hall–Kier alpha value is -0.870. The van der Waals surface area contributed by atoms with E-state index in [-0.39, 0.29) is 18.4 Å². The molecule has 3 nitrogen and oxygen atoms in total. The predicted molar refractivity (Wildman–Crippen MR) is 62.3 cm³/mol. The van der Waals surface area contributed by atoms with Crippen LogP contribution in [0.1, 0.15) is 24.9 Å². The highest BCUT2D eigenvalue weighted by Gasteiger charge is 2.11. The zero-order chi connectivity index (χ0) is 11.3. The van der Waals surface area contributed by atoms with Gasteiger partial charge in [0.2, 0.25) is 0 Å². The normalized spacial score (nSPS) is 12.2. The van der Waals surface area contributed by atoms with Gasteiger partial charge in [0, 0.05) is 10.5 Å². The molecule has 0 bridgehead atoms. The first-order valence-electron chi connectivity index (χ1n) is 4.80. The van der Waals surface area contributed by atoms with E-state index in [0.29, 0.717) is 6.61 Å². The second kappa shape index (κ2) is 5.88. The predicted octanol–water partition coefficient (Wildman–Crippen LogP) is 2.40. The monoisotopic (exact) mass is 271 g/mol. The van der Waals surface area contributed by atoms with Crippen molar-refractivity contribution in [2.45, 2.75) is 19.4 Å². The summed E-state index contributed by atoms with van der Waals surface area (Å²) in [4.78, 5) is 11.2. The summed E-state index contributed by atoms with van der Waals surface area (Å²) in [6.07, 6.45) is 0.218. The zero-order valence-electron chi connectivity index (χ0n) is 8.57. The first kappa shape index (κ1) is 12.2. The molecule has 0 saturated carbocycles. The summed E-state index contributed by atoms with van der Waals surface area (Å²) in [5.74, 6) is -0.257. The molecule has 0 aromatic heterocycles. The molecule has 0 amide bonds. The van der Waals surface area contributed by atoms with E-state index in [2.05, 4.69) is 15.9 Å². The van der Waals surface area contributed by atoms with Crippen LogP contribution in [0.2, 0.25) is 0 Å². The van der Waals surface area contributed by atoms with E-state index < -0.39 is 0 Å². The van der Waals surface area contributed by atoms with E-state index in [1.54, 1.807) is 6.92 Å². The van der Waals surface area contributed by atoms with Gasteiger partial charge in [-0.05, 0) is 24.6 Å². The average Bonchev–Trinajstić information content (AvgIpc) is 2.18. The topological polar surface area (TPSA) is 52.3 Å². The fraction of sp³-hybridized carbons (Fsp3) is 0.364. The number of halogens is 1. The average molecular weight is 272 g/mol. The molecule has 0 heterocycles. The number of carbonyl (C=O) groups excluding carboxylic acids is 1. The number of ether oxygens (including phenoxy) is 1. The number of esters is 1. The third kappa shape index (κ3) is 4.01. The summed E-state index contributed by atoms with van der Waals surface area (Å²) >= 11 is 3.34. The van der Waals surface area contributed by atoms with Gasteiger partial charge < -0.3 is 10.5 Å². The van der Waals surface area contributed by atoms with Crippen molar-refractivity contribution in [3.8, 4) is 0 Å². The highest BCUT2D eigenvalue weighted by Crippen LogP contribution is 2.17. The molecule has 4 heteroatoms. The van der Waals surface area contributed by atoms with Gasteiger partial charge in [-0.3, -0.25) is 4.79 Å². The molecule has 1 aromatic carbocycles. The van der Waals surface area contributed by atoms with Crippen molar-refractivity contribution in [2.24, 2.45) is 5.73 Å². The molecule has 1 rings (SSSR count). The molecule has 0 fully saturated rings. The minimum Gasteiger partial charge on any atom is -0.466 e. The molecule has 1 atom stereocenters. The standard InChI is InChI=1S/C11H14BrNO2/c1-2-15-11(14)7-10(13)8-3-5-9(12)6-4-8/h3-6,10H,2,7,13H2,1H3/t10-/m1/s1. The fourth-order valence-corrected chi connectivity index (χ4v) is 1.49. The van der Waals surface area contributed by atoms with Crippen LogP contribution in [0.5, 0.6) is 0 Å². The molecule has 2 N–H and O–H groups in total. The van der Waals surface area contributed by atoms with Crippen molar-refractivity contribution in [2.75, 3.05) is 6.61 Å². The molecular weight excluding hydrogens is 258 g/mol. The smallest absolute Gasteiger partial charge is 0.307 e. The van der Waals surface area contributed by atoms with Gasteiger partial charge in [0.05, 0.1) is 13.0 Å². The van der Waals surface area contributed by atoms with Gasteiger partial charge in [0.1, 0.15) is 0 Å². The summed E-state index contributed by atoms with van der Waals surface area (Å²) in [7, 11) is 0. The van der Waals surface area contributed by atoms with E-state index in [1.807, 2.05) is 24.3 Å². The van der Waals surface area contributed by atoms with Crippen molar-refractivity contribution in [1.29, 1.82) is 0 Å². The number of carbonyl (C=O) groups is 1. The van der Waals surface area contributed by atoms with E-state index in [9.17, 15) is 4.79 Å². The molecular formula is C11H14BrNO2. The van der Waals surface area contributed by atoms with Gasteiger partial charge in [-0.1, -0.05) is 28.1 Å². The fourth-order valence-electron chi connectivity index (χ4n) is 1.23. The summed E-state index contributed by atoms with van der Waals surface area (Å²) in [6.45, 7) is 2.18. The second-order valence-corrected chi connectivity index (χ2v) is 4.08. The van der Waals surface area contributed by atoms with Gasteiger partial charge in [-0.2, -0.15) is 0 Å². The van der Waals surface area contributed by atoms with Crippen LogP contribution in [0.15, 0.2) is 28.7 Å². The van der Waals surface area contributed by atoms with Gasteiger partial charge in [-0.15, -0.1) is 0 Å². The van der Waals surface area contributed by atoms with Crippen molar-refractivity contribution in [3.63, 3.8) is 0 Å². The summed E-state index contributed by atoms with van der Waals surface area (Å²) in [5.41, 5.74) is 6.80. The van der Waals surface area contributed by atoms with Gasteiger partial charge in [0.25, 0.3) is 0 Å². The third-order valence-electron chi connectivity index (χ3n) is 1.99. The van der Waals surface area contributed by atoms with Crippen LogP contribution in [0.25, 0.3) is 0 Å². The first-order valence-corrected chi connectivity index (χ1v) is 5.59. The van der Waals surface area contributed by atoms with E-state index in [4.69, 9.17) is 10.5 Å². The number of nitrogens with two attached hydrogens (primary N) is 1. The Bertz CT molecular complexity index is 324. The van der Waals surface area contributed by atoms with Crippen molar-refractivity contribution < 1.29 is 9.53 Å². The Morgan fingerprint density at radius 3 is 2.60 bits per heavy atom. The Labute approximate surface area is 97.7 Å². The molecule has 0 radical (unpaired) electrons. The largest absolute Gasteiger partial charge is 0.466 e. The first-order chi connectivity index (χ1) is 7.13. The lowest BCUT2D eigenvalue weighted by molar-refractivity contribution is -0.143. The second-order valence-electron chi connectivity index (χ2n) is 3.17. The molecule has 15 heavy (non-hydrogen) atoms. The Balaban J connectivity index is 2.57. The van der Waals surface area contributed by atoms with E-state index >= 15 is 0 Å². The third-order valence-corrected chi connectivity index (χ3v) is 2.52. The molecule has 1 aromatic rings. The Morgan fingerprint density at radius 2 is 2.07 bits per heavy atom. The SMILES string of the molecule is CCOC(=O)C[C@@H](N)c1ccc(Br)cc1. The Morgan fingerprint density at radius 1 is 1.47 bits per heavy atom. The van der Waals surface area contributed by atoms with Crippen LogP contribution in [-0.4, -0.2) is 12.6 Å². The number of rotatable bonds is 4. The summed E-state index contributed by atoms with van der Waals surface area (Å²) in [6, 6.07) is 7.31. The van der Waals surface area contributed by atoms with Gasteiger partial charge in [0.15, 0.2) is 0 Å². The minimum atomic E-state index is -0.294. The van der Waals surface area contributed by atoms with Crippen LogP contribution in [-0.2, 0) is 9.53 Å². The molecule has 0 spiro atoms. The van der Waals surface area contributed by atoms with Gasteiger partial charge in [-0.25, -0.2) is 0 Å². The maximum Gasteiger partial charge on any atom is 0.307 e. The highest BCUT2D eigenvalue weighted by molar-refractivity contribution is 9.10. The van der Waals surface area contributed by atoms with Crippen LogP contribution >= 0.6 is 15.9 Å². The maximum absolute atomic E-state index is 11.2. The number of hydrogen-bond acceptors (Lipinski definition) is 3. The quantitative estimate of drug-likeness (QED) is 0.856. The molecule has 82 valence electrons. The number of benzene rings is 1. The summed E-state index contributed by atoms with van der Waals surface area (Å²) < 4.78 is 5.82. The molecule has 0 aliphatic heterocycles. The van der Waals surface area contributed by atoms with Crippen molar-refractivity contribution in [3.05, 3.63) is 34.3 Å². The lowest BCUT2D eigenvalue weighted by atomic mass is 10.1.